The number of hydrogen-bond acceptors (Lipinski definition) is 4. The van der Waals surface area contributed by atoms with Crippen molar-refractivity contribution in [1.29, 1.82) is 0 Å². The van der Waals surface area contributed by atoms with Gasteiger partial charge in [0.05, 0.1) is 5.69 Å². The fourth-order valence-electron chi connectivity index (χ4n) is 2.88. The zero-order valence-electron chi connectivity index (χ0n) is 11.7. The molecule has 2 aliphatic heterocycles. The molecular formula is C15H22N2O2. The number of piperazine rings is 1. The van der Waals surface area contributed by atoms with Crippen LogP contribution in [-0.4, -0.2) is 38.9 Å². The molecule has 1 atom stereocenters. The van der Waals surface area contributed by atoms with Crippen LogP contribution in [0.5, 0.6) is 11.5 Å². The molecule has 1 saturated heterocycles. The van der Waals surface area contributed by atoms with E-state index in [1.807, 2.05) is 0 Å². The summed E-state index contributed by atoms with van der Waals surface area (Å²) in [4.78, 5) is 2.42. The summed E-state index contributed by atoms with van der Waals surface area (Å²) in [5.41, 5.74) is 2.42. The van der Waals surface area contributed by atoms with E-state index in [4.69, 9.17) is 9.47 Å². The van der Waals surface area contributed by atoms with Gasteiger partial charge >= 0.3 is 0 Å². The minimum absolute atomic E-state index is 0.482. The molecule has 4 nitrogen and oxygen atoms in total. The lowest BCUT2D eigenvalue weighted by Gasteiger charge is -2.38. The van der Waals surface area contributed by atoms with Gasteiger partial charge in [0.15, 0.2) is 11.5 Å². The number of rotatable bonds is 2. The molecule has 1 N–H and O–H groups in total. The Morgan fingerprint density at radius 2 is 2.05 bits per heavy atom. The first kappa shape index (κ1) is 12.6. The van der Waals surface area contributed by atoms with Gasteiger partial charge < -0.3 is 19.7 Å². The van der Waals surface area contributed by atoms with Crippen LogP contribution in [-0.2, 0) is 6.42 Å². The van der Waals surface area contributed by atoms with Crippen molar-refractivity contribution in [1.82, 2.24) is 5.32 Å². The predicted molar refractivity (Wildman–Crippen MR) is 76.5 cm³/mol. The highest BCUT2D eigenvalue weighted by Gasteiger charge is 2.26. The van der Waals surface area contributed by atoms with Crippen LogP contribution < -0.4 is 19.7 Å². The van der Waals surface area contributed by atoms with Crippen molar-refractivity contribution in [2.24, 2.45) is 0 Å². The Morgan fingerprint density at radius 3 is 2.79 bits per heavy atom. The van der Waals surface area contributed by atoms with Crippen LogP contribution in [0.1, 0.15) is 19.4 Å². The SMILES string of the molecule is CCc1ccc(N2CCNCC2C)c2c1OCCO2. The van der Waals surface area contributed by atoms with Crippen LogP contribution in [0, 0.1) is 0 Å². The van der Waals surface area contributed by atoms with Gasteiger partial charge in [0.1, 0.15) is 13.2 Å². The van der Waals surface area contributed by atoms with Gasteiger partial charge in [-0.05, 0) is 25.0 Å². The van der Waals surface area contributed by atoms with Crippen molar-refractivity contribution in [2.45, 2.75) is 26.3 Å². The van der Waals surface area contributed by atoms with Gasteiger partial charge in [-0.3, -0.25) is 0 Å². The monoisotopic (exact) mass is 262 g/mol. The summed E-state index contributed by atoms with van der Waals surface area (Å²) in [5.74, 6) is 1.90. The molecule has 1 unspecified atom stereocenters. The van der Waals surface area contributed by atoms with Gasteiger partial charge in [0.2, 0.25) is 0 Å². The Hall–Kier alpha value is -1.42. The maximum atomic E-state index is 5.91. The largest absolute Gasteiger partial charge is 0.486 e. The maximum absolute atomic E-state index is 5.91. The Balaban J connectivity index is 2.01. The molecule has 104 valence electrons. The molecule has 0 spiro atoms. The predicted octanol–water partition coefficient (Wildman–Crippen LogP) is 1.82. The number of nitrogens with zero attached hydrogens (tertiary/aromatic N) is 1. The summed E-state index contributed by atoms with van der Waals surface area (Å²) >= 11 is 0. The van der Waals surface area contributed by atoms with E-state index in [0.29, 0.717) is 19.3 Å². The average molecular weight is 262 g/mol. The summed E-state index contributed by atoms with van der Waals surface area (Å²) in [7, 11) is 0. The molecule has 0 aromatic heterocycles. The summed E-state index contributed by atoms with van der Waals surface area (Å²) in [6.07, 6.45) is 0.975. The smallest absolute Gasteiger partial charge is 0.184 e. The van der Waals surface area contributed by atoms with Crippen LogP contribution >= 0.6 is 0 Å². The standard InChI is InChI=1S/C15H22N2O2/c1-3-12-4-5-13(15-14(12)18-8-9-19-15)17-7-6-16-10-11(17)2/h4-5,11,16H,3,6-10H2,1-2H3. The average Bonchev–Trinajstić information content (AvgIpc) is 2.47. The normalized spacial score (nSPS) is 22.4. The van der Waals surface area contributed by atoms with Gasteiger partial charge in [-0.25, -0.2) is 0 Å². The first-order valence-electron chi connectivity index (χ1n) is 7.20. The zero-order valence-corrected chi connectivity index (χ0v) is 11.7. The van der Waals surface area contributed by atoms with Crippen LogP contribution in [0.2, 0.25) is 0 Å². The van der Waals surface area contributed by atoms with Gasteiger partial charge in [0, 0.05) is 25.7 Å². The first-order chi connectivity index (χ1) is 9.31. The maximum Gasteiger partial charge on any atom is 0.184 e. The molecule has 0 aliphatic carbocycles. The molecule has 19 heavy (non-hydrogen) atoms. The number of nitrogens with one attached hydrogen (secondary N) is 1. The zero-order chi connectivity index (χ0) is 13.2. The van der Waals surface area contributed by atoms with Crippen molar-refractivity contribution >= 4 is 5.69 Å². The highest BCUT2D eigenvalue weighted by atomic mass is 16.6. The van der Waals surface area contributed by atoms with E-state index >= 15 is 0 Å². The third kappa shape index (κ3) is 2.25. The Bertz CT molecular complexity index is 462. The summed E-state index contributed by atoms with van der Waals surface area (Å²) < 4.78 is 11.8. The van der Waals surface area contributed by atoms with E-state index in [0.717, 1.165) is 37.6 Å². The van der Waals surface area contributed by atoms with Crippen LogP contribution in [0.25, 0.3) is 0 Å². The fraction of sp³-hybridized carbons (Fsp3) is 0.600. The third-order valence-electron chi connectivity index (χ3n) is 3.94. The molecule has 2 aliphatic rings. The van der Waals surface area contributed by atoms with Crippen molar-refractivity contribution in [3.05, 3.63) is 17.7 Å². The van der Waals surface area contributed by atoms with E-state index in [-0.39, 0.29) is 0 Å². The molecule has 0 radical (unpaired) electrons. The van der Waals surface area contributed by atoms with Crippen molar-refractivity contribution in [2.75, 3.05) is 37.7 Å². The number of ether oxygens (including phenoxy) is 2. The molecule has 1 aromatic rings. The van der Waals surface area contributed by atoms with E-state index in [2.05, 4.69) is 36.2 Å². The lowest BCUT2D eigenvalue weighted by atomic mass is 10.1. The molecule has 0 amide bonds. The minimum Gasteiger partial charge on any atom is -0.486 e. The summed E-state index contributed by atoms with van der Waals surface area (Å²) in [6.45, 7) is 8.76. The lowest BCUT2D eigenvalue weighted by molar-refractivity contribution is 0.170. The Morgan fingerprint density at radius 1 is 1.26 bits per heavy atom. The molecule has 1 aromatic carbocycles. The Labute approximate surface area is 114 Å². The molecule has 2 heterocycles. The van der Waals surface area contributed by atoms with Crippen LogP contribution in [0.4, 0.5) is 5.69 Å². The number of fused-ring (bicyclic) bond motifs is 1. The molecular weight excluding hydrogens is 240 g/mol. The summed E-state index contributed by atoms with van der Waals surface area (Å²) in [6, 6.07) is 4.85. The van der Waals surface area contributed by atoms with Crippen molar-refractivity contribution < 1.29 is 9.47 Å². The van der Waals surface area contributed by atoms with E-state index in [1.54, 1.807) is 0 Å². The Kier molecular flexibility index (Phi) is 3.51. The van der Waals surface area contributed by atoms with Gasteiger partial charge in [-0.2, -0.15) is 0 Å². The first-order valence-corrected chi connectivity index (χ1v) is 7.20. The number of benzene rings is 1. The molecule has 0 saturated carbocycles. The molecule has 3 rings (SSSR count). The van der Waals surface area contributed by atoms with Gasteiger partial charge in [-0.1, -0.05) is 13.0 Å². The second-order valence-corrected chi connectivity index (χ2v) is 5.20. The van der Waals surface area contributed by atoms with Crippen molar-refractivity contribution in [3.8, 4) is 11.5 Å². The fourth-order valence-corrected chi connectivity index (χ4v) is 2.88. The van der Waals surface area contributed by atoms with Gasteiger partial charge in [0.25, 0.3) is 0 Å². The highest BCUT2D eigenvalue weighted by molar-refractivity contribution is 5.68. The second kappa shape index (κ2) is 5.29. The second-order valence-electron chi connectivity index (χ2n) is 5.20. The minimum atomic E-state index is 0.482. The van der Waals surface area contributed by atoms with Gasteiger partial charge in [-0.15, -0.1) is 0 Å². The topological polar surface area (TPSA) is 33.7 Å². The van der Waals surface area contributed by atoms with E-state index in [9.17, 15) is 0 Å². The number of hydrogen-bond donors (Lipinski definition) is 1. The highest BCUT2D eigenvalue weighted by Crippen LogP contribution is 2.43. The summed E-state index contributed by atoms with van der Waals surface area (Å²) in [5, 5.41) is 3.42. The third-order valence-corrected chi connectivity index (χ3v) is 3.94. The molecule has 4 heteroatoms. The number of aryl methyl sites for hydroxylation is 1. The number of anilines is 1. The quantitative estimate of drug-likeness (QED) is 0.881. The van der Waals surface area contributed by atoms with Crippen LogP contribution in [0.3, 0.4) is 0 Å². The van der Waals surface area contributed by atoms with Crippen LogP contribution in [0.15, 0.2) is 12.1 Å². The molecule has 0 bridgehead atoms. The van der Waals surface area contributed by atoms with E-state index in [1.165, 1.54) is 11.3 Å². The molecule has 1 fully saturated rings. The van der Waals surface area contributed by atoms with E-state index < -0.39 is 0 Å². The van der Waals surface area contributed by atoms with Crippen molar-refractivity contribution in [3.63, 3.8) is 0 Å². The lowest BCUT2D eigenvalue weighted by Crippen LogP contribution is -2.50.